The summed E-state index contributed by atoms with van der Waals surface area (Å²) in [5.41, 5.74) is 4.50. The lowest BCUT2D eigenvalue weighted by Crippen LogP contribution is -2.45. The highest BCUT2D eigenvalue weighted by molar-refractivity contribution is 5.84. The van der Waals surface area contributed by atoms with E-state index in [2.05, 4.69) is 22.8 Å². The first kappa shape index (κ1) is 24.3. The maximum Gasteiger partial charge on any atom is 0.407 e. The summed E-state index contributed by atoms with van der Waals surface area (Å²) in [5, 5.41) is 23.2. The van der Waals surface area contributed by atoms with Crippen LogP contribution in [0.5, 0.6) is 0 Å². The Balaban J connectivity index is 1.58. The predicted molar refractivity (Wildman–Crippen MR) is 123 cm³/mol. The smallest absolute Gasteiger partial charge is 0.407 e. The van der Waals surface area contributed by atoms with Crippen LogP contribution < -0.4 is 10.6 Å². The second kappa shape index (κ2) is 11.5. The van der Waals surface area contributed by atoms with Gasteiger partial charge in [-0.2, -0.15) is 0 Å². The van der Waals surface area contributed by atoms with Gasteiger partial charge >= 0.3 is 12.1 Å². The SMILES string of the molecule is CCC[C@H](CC(=O)N[C@@H](CCO)C(=O)O)NC(=O)OCC1c2ccccc2-c2ccccc21. The van der Waals surface area contributed by atoms with Crippen LogP contribution in [0.2, 0.25) is 0 Å². The zero-order valence-electron chi connectivity index (χ0n) is 18.6. The molecular weight excluding hydrogens is 424 g/mol. The van der Waals surface area contributed by atoms with E-state index in [4.69, 9.17) is 14.9 Å². The molecule has 0 unspecified atom stereocenters. The van der Waals surface area contributed by atoms with Gasteiger partial charge in [0.15, 0.2) is 0 Å². The number of ether oxygens (including phenoxy) is 1. The van der Waals surface area contributed by atoms with E-state index in [9.17, 15) is 14.4 Å². The molecule has 0 heterocycles. The number of carbonyl (C=O) groups excluding carboxylic acids is 2. The number of hydrogen-bond acceptors (Lipinski definition) is 5. The number of rotatable bonds is 11. The summed E-state index contributed by atoms with van der Waals surface area (Å²) in [6.45, 7) is 1.74. The molecule has 0 aliphatic heterocycles. The van der Waals surface area contributed by atoms with Crippen LogP contribution in [0.15, 0.2) is 48.5 Å². The molecule has 8 heteroatoms. The normalized spacial score (nSPS) is 14.0. The van der Waals surface area contributed by atoms with Crippen molar-refractivity contribution in [3.8, 4) is 11.1 Å². The number of nitrogens with one attached hydrogen (secondary N) is 2. The van der Waals surface area contributed by atoms with Crippen molar-refractivity contribution in [2.75, 3.05) is 13.2 Å². The number of alkyl carbamates (subject to hydrolysis) is 1. The first-order valence-electron chi connectivity index (χ1n) is 11.2. The highest BCUT2D eigenvalue weighted by Crippen LogP contribution is 2.44. The molecule has 8 nitrogen and oxygen atoms in total. The summed E-state index contributed by atoms with van der Waals surface area (Å²) in [4.78, 5) is 36.0. The van der Waals surface area contributed by atoms with Crippen LogP contribution in [0, 0.1) is 0 Å². The van der Waals surface area contributed by atoms with Gasteiger partial charge in [0.25, 0.3) is 0 Å². The van der Waals surface area contributed by atoms with Gasteiger partial charge in [0.05, 0.1) is 0 Å². The van der Waals surface area contributed by atoms with Crippen molar-refractivity contribution in [1.82, 2.24) is 10.6 Å². The van der Waals surface area contributed by atoms with E-state index in [-0.39, 0.29) is 32.0 Å². The Morgan fingerprint density at radius 2 is 1.58 bits per heavy atom. The van der Waals surface area contributed by atoms with Crippen molar-refractivity contribution in [3.63, 3.8) is 0 Å². The van der Waals surface area contributed by atoms with Crippen LogP contribution in [0.1, 0.15) is 49.7 Å². The number of hydrogen-bond donors (Lipinski definition) is 4. The topological polar surface area (TPSA) is 125 Å². The van der Waals surface area contributed by atoms with Crippen LogP contribution >= 0.6 is 0 Å². The Hall–Kier alpha value is -3.39. The summed E-state index contributed by atoms with van der Waals surface area (Å²) >= 11 is 0. The molecule has 4 N–H and O–H groups in total. The van der Waals surface area contributed by atoms with Crippen molar-refractivity contribution >= 4 is 18.0 Å². The van der Waals surface area contributed by atoms with Crippen molar-refractivity contribution in [1.29, 1.82) is 0 Å². The van der Waals surface area contributed by atoms with E-state index in [1.807, 2.05) is 43.3 Å². The Kier molecular flexibility index (Phi) is 8.43. The third-order valence-corrected chi connectivity index (χ3v) is 5.79. The number of aliphatic hydroxyl groups is 1. The highest BCUT2D eigenvalue weighted by Gasteiger charge is 2.29. The monoisotopic (exact) mass is 454 g/mol. The fourth-order valence-corrected chi connectivity index (χ4v) is 4.24. The van der Waals surface area contributed by atoms with Crippen molar-refractivity contribution in [3.05, 3.63) is 59.7 Å². The molecule has 2 aromatic carbocycles. The van der Waals surface area contributed by atoms with E-state index in [0.717, 1.165) is 28.7 Å². The Labute approximate surface area is 193 Å². The van der Waals surface area contributed by atoms with Gasteiger partial charge in [0.2, 0.25) is 5.91 Å². The van der Waals surface area contributed by atoms with Crippen LogP contribution in [0.25, 0.3) is 11.1 Å². The van der Waals surface area contributed by atoms with Gasteiger partial charge in [-0.1, -0.05) is 61.9 Å². The summed E-state index contributed by atoms with van der Waals surface area (Å²) in [5.74, 6) is -1.78. The molecule has 3 rings (SSSR count). The molecule has 0 radical (unpaired) electrons. The third kappa shape index (κ3) is 6.10. The second-order valence-electron chi connectivity index (χ2n) is 8.13. The van der Waals surface area contributed by atoms with Gasteiger partial charge in [-0.15, -0.1) is 0 Å². The first-order valence-corrected chi connectivity index (χ1v) is 11.2. The lowest BCUT2D eigenvalue weighted by molar-refractivity contribution is -0.142. The van der Waals surface area contributed by atoms with Crippen molar-refractivity contribution in [2.45, 2.75) is 50.6 Å². The van der Waals surface area contributed by atoms with Gasteiger partial charge < -0.3 is 25.6 Å². The molecule has 0 fully saturated rings. The van der Waals surface area contributed by atoms with E-state index in [1.165, 1.54) is 0 Å². The number of benzene rings is 2. The van der Waals surface area contributed by atoms with Gasteiger partial charge in [-0.3, -0.25) is 4.79 Å². The zero-order valence-corrected chi connectivity index (χ0v) is 18.6. The molecule has 176 valence electrons. The quantitative estimate of drug-likeness (QED) is 0.414. The molecule has 33 heavy (non-hydrogen) atoms. The molecule has 2 amide bonds. The average Bonchev–Trinajstić information content (AvgIpc) is 3.11. The Morgan fingerprint density at radius 3 is 2.12 bits per heavy atom. The number of amides is 2. The Bertz CT molecular complexity index is 947. The minimum atomic E-state index is -1.21. The molecule has 0 saturated carbocycles. The number of aliphatic carboxylic acids is 1. The van der Waals surface area contributed by atoms with E-state index >= 15 is 0 Å². The predicted octanol–water partition coefficient (Wildman–Crippen LogP) is 3.04. The lowest BCUT2D eigenvalue weighted by atomic mass is 9.98. The van der Waals surface area contributed by atoms with Gasteiger partial charge in [-0.25, -0.2) is 9.59 Å². The maximum atomic E-state index is 12.5. The molecule has 0 aromatic heterocycles. The minimum absolute atomic E-state index is 0.0640. The number of carboxylic acid groups (broad SMARTS) is 1. The number of aliphatic hydroxyl groups excluding tert-OH is 1. The van der Waals surface area contributed by atoms with E-state index < -0.39 is 30.1 Å². The number of carbonyl (C=O) groups is 3. The van der Waals surface area contributed by atoms with Crippen LogP contribution in [-0.4, -0.2) is 53.5 Å². The first-order chi connectivity index (χ1) is 15.9. The molecule has 1 aliphatic carbocycles. The molecule has 0 saturated heterocycles. The van der Waals surface area contributed by atoms with Crippen LogP contribution in [0.4, 0.5) is 4.79 Å². The molecule has 1 aliphatic rings. The molecule has 2 atom stereocenters. The third-order valence-electron chi connectivity index (χ3n) is 5.79. The summed E-state index contributed by atoms with van der Waals surface area (Å²) < 4.78 is 5.55. The largest absolute Gasteiger partial charge is 0.480 e. The standard InChI is InChI=1S/C25H30N2O6/c1-2-7-16(14-23(29)27-22(12-13-28)24(30)31)26-25(32)33-15-21-19-10-5-3-8-17(19)18-9-4-6-11-20(18)21/h3-6,8-11,16,21-22,28H,2,7,12-15H2,1H3,(H,26,32)(H,27,29)(H,30,31)/t16-,22+/m1/s1. The molecule has 0 spiro atoms. The minimum Gasteiger partial charge on any atom is -0.480 e. The summed E-state index contributed by atoms with van der Waals surface area (Å²) in [7, 11) is 0. The van der Waals surface area contributed by atoms with Gasteiger partial charge in [0, 0.05) is 31.4 Å². The Morgan fingerprint density at radius 1 is 0.970 bits per heavy atom. The fourth-order valence-electron chi connectivity index (χ4n) is 4.24. The van der Waals surface area contributed by atoms with Gasteiger partial charge in [-0.05, 0) is 28.7 Å². The van der Waals surface area contributed by atoms with Crippen LogP contribution in [0.3, 0.4) is 0 Å². The average molecular weight is 455 g/mol. The highest BCUT2D eigenvalue weighted by atomic mass is 16.5. The van der Waals surface area contributed by atoms with Crippen molar-refractivity contribution in [2.24, 2.45) is 0 Å². The second-order valence-corrected chi connectivity index (χ2v) is 8.13. The maximum absolute atomic E-state index is 12.5. The zero-order chi connectivity index (χ0) is 23.8. The van der Waals surface area contributed by atoms with E-state index in [0.29, 0.717) is 6.42 Å². The number of carboxylic acids is 1. The van der Waals surface area contributed by atoms with Crippen LogP contribution in [-0.2, 0) is 14.3 Å². The molecule has 0 bridgehead atoms. The summed E-state index contributed by atoms with van der Waals surface area (Å²) in [6, 6.07) is 14.4. The van der Waals surface area contributed by atoms with Crippen molar-refractivity contribution < 1.29 is 29.3 Å². The van der Waals surface area contributed by atoms with Gasteiger partial charge in [0.1, 0.15) is 12.6 Å². The summed E-state index contributed by atoms with van der Waals surface area (Å²) in [6.07, 6.45) is 0.482. The number of fused-ring (bicyclic) bond motifs is 3. The fraction of sp³-hybridized carbons (Fsp3) is 0.400. The van der Waals surface area contributed by atoms with E-state index in [1.54, 1.807) is 0 Å². The molecular formula is C25H30N2O6. The lowest BCUT2D eigenvalue weighted by Gasteiger charge is -2.20. The molecule has 2 aromatic rings.